The van der Waals surface area contributed by atoms with Crippen molar-refractivity contribution in [3.8, 4) is 0 Å². The summed E-state index contributed by atoms with van der Waals surface area (Å²) >= 11 is 0. The standard InChI is InChI=1S/C13H20N4O3S/c1-10-6-4-5-9-17(10)21(19,20)16-12-8-3-2-7-11(12)13(14)15-18/h2-3,7-8,10,16,18H,4-6,9H2,1H3,(H2,14,15). The molecule has 0 radical (unpaired) electrons. The van der Waals surface area contributed by atoms with Gasteiger partial charge in [-0.05, 0) is 31.9 Å². The Morgan fingerprint density at radius 3 is 2.81 bits per heavy atom. The quantitative estimate of drug-likeness (QED) is 0.337. The maximum atomic E-state index is 12.5. The van der Waals surface area contributed by atoms with Gasteiger partial charge in [-0.2, -0.15) is 12.7 Å². The van der Waals surface area contributed by atoms with E-state index >= 15 is 0 Å². The van der Waals surface area contributed by atoms with Gasteiger partial charge in [0.25, 0.3) is 0 Å². The first kappa shape index (κ1) is 15.6. The first-order valence-electron chi connectivity index (χ1n) is 6.82. The molecule has 1 aromatic carbocycles. The largest absolute Gasteiger partial charge is 0.409 e. The number of nitrogens with one attached hydrogen (secondary N) is 1. The topological polar surface area (TPSA) is 108 Å². The van der Waals surface area contributed by atoms with Crippen LogP contribution in [-0.4, -0.2) is 36.4 Å². The van der Waals surface area contributed by atoms with Crippen molar-refractivity contribution in [2.45, 2.75) is 32.2 Å². The minimum Gasteiger partial charge on any atom is -0.409 e. The zero-order valence-electron chi connectivity index (χ0n) is 11.9. The van der Waals surface area contributed by atoms with Crippen LogP contribution in [0.25, 0.3) is 0 Å². The summed E-state index contributed by atoms with van der Waals surface area (Å²) < 4.78 is 29.0. The molecule has 21 heavy (non-hydrogen) atoms. The Balaban J connectivity index is 2.29. The molecule has 0 spiro atoms. The summed E-state index contributed by atoms with van der Waals surface area (Å²) in [5.74, 6) is -0.139. The van der Waals surface area contributed by atoms with Gasteiger partial charge >= 0.3 is 10.2 Å². The van der Waals surface area contributed by atoms with E-state index in [1.807, 2.05) is 6.92 Å². The molecule has 116 valence electrons. The van der Waals surface area contributed by atoms with Crippen LogP contribution in [0.15, 0.2) is 29.4 Å². The van der Waals surface area contributed by atoms with Crippen LogP contribution >= 0.6 is 0 Å². The minimum absolute atomic E-state index is 0.0349. The van der Waals surface area contributed by atoms with E-state index in [0.717, 1.165) is 19.3 Å². The number of nitrogens with two attached hydrogens (primary N) is 1. The van der Waals surface area contributed by atoms with E-state index < -0.39 is 10.2 Å². The Labute approximate surface area is 124 Å². The van der Waals surface area contributed by atoms with Crippen molar-refractivity contribution < 1.29 is 13.6 Å². The van der Waals surface area contributed by atoms with Gasteiger partial charge in [-0.3, -0.25) is 4.72 Å². The van der Waals surface area contributed by atoms with Gasteiger partial charge in [0.05, 0.1) is 5.69 Å². The highest BCUT2D eigenvalue weighted by molar-refractivity contribution is 7.90. The molecule has 4 N–H and O–H groups in total. The van der Waals surface area contributed by atoms with Crippen LogP contribution in [0.4, 0.5) is 5.69 Å². The van der Waals surface area contributed by atoms with Crippen LogP contribution < -0.4 is 10.5 Å². The summed E-state index contributed by atoms with van der Waals surface area (Å²) in [6.45, 7) is 2.40. The summed E-state index contributed by atoms with van der Waals surface area (Å²) in [5, 5.41) is 11.7. The summed E-state index contributed by atoms with van der Waals surface area (Å²) in [5.41, 5.74) is 6.21. The highest BCUT2D eigenvalue weighted by Gasteiger charge is 2.30. The lowest BCUT2D eigenvalue weighted by atomic mass is 10.1. The summed E-state index contributed by atoms with van der Waals surface area (Å²) in [7, 11) is -3.66. The molecule has 1 aromatic rings. The molecule has 0 aromatic heterocycles. The monoisotopic (exact) mass is 312 g/mol. The van der Waals surface area contributed by atoms with Gasteiger partial charge < -0.3 is 10.9 Å². The van der Waals surface area contributed by atoms with Gasteiger partial charge in [-0.1, -0.05) is 23.7 Å². The molecule has 1 unspecified atom stereocenters. The zero-order valence-corrected chi connectivity index (χ0v) is 12.7. The highest BCUT2D eigenvalue weighted by atomic mass is 32.2. The number of nitrogens with zero attached hydrogens (tertiary/aromatic N) is 2. The van der Waals surface area contributed by atoms with E-state index in [2.05, 4.69) is 9.88 Å². The van der Waals surface area contributed by atoms with Crippen molar-refractivity contribution in [1.29, 1.82) is 0 Å². The SMILES string of the molecule is CC1CCCCN1S(=O)(=O)Nc1ccccc1/C(N)=N/O. The van der Waals surface area contributed by atoms with Crippen molar-refractivity contribution in [3.05, 3.63) is 29.8 Å². The van der Waals surface area contributed by atoms with Crippen LogP contribution in [0, 0.1) is 0 Å². The molecular weight excluding hydrogens is 292 g/mol. The Morgan fingerprint density at radius 2 is 2.14 bits per heavy atom. The Kier molecular flexibility index (Phi) is 4.69. The van der Waals surface area contributed by atoms with E-state index in [4.69, 9.17) is 10.9 Å². The molecule has 1 aliphatic rings. The second-order valence-electron chi connectivity index (χ2n) is 5.09. The lowest BCUT2D eigenvalue weighted by Gasteiger charge is -2.32. The fraction of sp³-hybridized carbons (Fsp3) is 0.462. The Morgan fingerprint density at radius 1 is 1.43 bits per heavy atom. The maximum absolute atomic E-state index is 12.5. The van der Waals surface area contributed by atoms with Crippen molar-refractivity contribution in [2.24, 2.45) is 10.9 Å². The predicted molar refractivity (Wildman–Crippen MR) is 81.5 cm³/mol. The van der Waals surface area contributed by atoms with E-state index in [1.54, 1.807) is 24.3 Å². The van der Waals surface area contributed by atoms with E-state index in [-0.39, 0.29) is 11.9 Å². The van der Waals surface area contributed by atoms with Crippen LogP contribution in [0.2, 0.25) is 0 Å². The van der Waals surface area contributed by atoms with Crippen LogP contribution in [0.3, 0.4) is 0 Å². The number of benzene rings is 1. The summed E-state index contributed by atoms with van der Waals surface area (Å²) in [6, 6.07) is 6.51. The zero-order chi connectivity index (χ0) is 15.5. The molecule has 0 bridgehead atoms. The van der Waals surface area contributed by atoms with Gasteiger partial charge in [-0.15, -0.1) is 0 Å². The normalized spacial score (nSPS) is 21.2. The fourth-order valence-electron chi connectivity index (χ4n) is 2.48. The molecule has 1 aliphatic heterocycles. The molecule has 2 rings (SSSR count). The molecule has 1 heterocycles. The fourth-order valence-corrected chi connectivity index (χ4v) is 4.00. The molecule has 7 nitrogen and oxygen atoms in total. The highest BCUT2D eigenvalue weighted by Crippen LogP contribution is 2.23. The average Bonchev–Trinajstić information content (AvgIpc) is 2.47. The maximum Gasteiger partial charge on any atom is 0.301 e. The second-order valence-corrected chi connectivity index (χ2v) is 6.72. The van der Waals surface area contributed by atoms with Crippen LogP contribution in [0.5, 0.6) is 0 Å². The van der Waals surface area contributed by atoms with Gasteiger partial charge in [0.2, 0.25) is 0 Å². The van der Waals surface area contributed by atoms with Gasteiger partial charge in [0, 0.05) is 18.2 Å². The molecule has 1 saturated heterocycles. The number of anilines is 1. The van der Waals surface area contributed by atoms with Gasteiger partial charge in [0.15, 0.2) is 5.84 Å². The molecule has 8 heteroatoms. The lowest BCUT2D eigenvalue weighted by molar-refractivity contribution is 0.270. The van der Waals surface area contributed by atoms with Crippen LogP contribution in [-0.2, 0) is 10.2 Å². The smallest absolute Gasteiger partial charge is 0.301 e. The molecule has 0 aliphatic carbocycles. The molecular formula is C13H20N4O3S. The van der Waals surface area contributed by atoms with Crippen molar-refractivity contribution in [3.63, 3.8) is 0 Å². The van der Waals surface area contributed by atoms with E-state index in [9.17, 15) is 8.42 Å². The van der Waals surface area contributed by atoms with Crippen molar-refractivity contribution in [2.75, 3.05) is 11.3 Å². The third kappa shape index (κ3) is 3.45. The lowest BCUT2D eigenvalue weighted by Crippen LogP contribution is -2.45. The molecule has 0 amide bonds. The molecule has 1 atom stereocenters. The number of hydrogen-bond donors (Lipinski definition) is 3. The van der Waals surface area contributed by atoms with Crippen LogP contribution in [0.1, 0.15) is 31.7 Å². The average molecular weight is 312 g/mol. The third-order valence-electron chi connectivity index (χ3n) is 3.60. The Hall–Kier alpha value is -1.80. The first-order chi connectivity index (χ1) is 9.95. The molecule has 1 fully saturated rings. The number of oxime groups is 1. The second kappa shape index (κ2) is 6.31. The number of piperidine rings is 1. The summed E-state index contributed by atoms with van der Waals surface area (Å²) in [6.07, 6.45) is 2.74. The van der Waals surface area contributed by atoms with Gasteiger partial charge in [0.1, 0.15) is 0 Å². The van der Waals surface area contributed by atoms with Crippen molar-refractivity contribution >= 4 is 21.7 Å². The predicted octanol–water partition coefficient (Wildman–Crippen LogP) is 1.31. The number of rotatable bonds is 4. The first-order valence-corrected chi connectivity index (χ1v) is 8.26. The minimum atomic E-state index is -3.66. The van der Waals surface area contributed by atoms with E-state index in [1.165, 1.54) is 4.31 Å². The van der Waals surface area contributed by atoms with Gasteiger partial charge in [-0.25, -0.2) is 0 Å². The summed E-state index contributed by atoms with van der Waals surface area (Å²) in [4.78, 5) is 0. The Bertz CT molecular complexity index is 630. The number of hydrogen-bond acceptors (Lipinski definition) is 4. The number of para-hydroxylation sites is 1. The number of amidine groups is 1. The van der Waals surface area contributed by atoms with Crippen molar-refractivity contribution in [1.82, 2.24) is 4.31 Å². The third-order valence-corrected chi connectivity index (χ3v) is 5.24. The molecule has 0 saturated carbocycles. The van der Waals surface area contributed by atoms with E-state index in [0.29, 0.717) is 17.8 Å².